The number of amides is 1. The lowest BCUT2D eigenvalue weighted by Gasteiger charge is -2.27. The summed E-state index contributed by atoms with van der Waals surface area (Å²) in [6, 6.07) is 0.0173. The average Bonchev–Trinajstić information content (AvgIpc) is 3.32. The number of carbonyl (C=O) groups excluding carboxylic acids is 1. The first-order chi connectivity index (χ1) is 17.6. The number of alkyl halides is 1. The highest BCUT2D eigenvalue weighted by molar-refractivity contribution is 5.68. The molecule has 2 unspecified atom stereocenters. The number of rotatable bonds is 5. The summed E-state index contributed by atoms with van der Waals surface area (Å²) in [4.78, 5) is 24.6. The Hall–Kier alpha value is -3.42. The number of nitrogens with one attached hydrogen (secondary N) is 1. The minimum absolute atomic E-state index is 0.0173. The SMILES string of the molecule is CC(C)(C)OC(=O)NC1CCN(c2ncc(OCC3CCN(C#N)CC3)cn2)C1.FC1=CCC(F)C=C1. The Bertz CT molecular complexity index is 982. The molecule has 1 aromatic heterocycles. The van der Waals surface area contributed by atoms with Crippen LogP contribution in [0.3, 0.4) is 0 Å². The van der Waals surface area contributed by atoms with Crippen molar-refractivity contribution in [2.75, 3.05) is 37.7 Å². The van der Waals surface area contributed by atoms with E-state index in [4.69, 9.17) is 14.7 Å². The number of hydrogen-bond acceptors (Lipinski definition) is 8. The lowest BCUT2D eigenvalue weighted by Crippen LogP contribution is -2.40. The molecule has 1 amide bonds. The van der Waals surface area contributed by atoms with Crippen LogP contribution in [0.2, 0.25) is 0 Å². The second-order valence-corrected chi connectivity index (χ2v) is 10.3. The van der Waals surface area contributed by atoms with Crippen molar-refractivity contribution in [1.29, 1.82) is 5.26 Å². The molecule has 2 saturated heterocycles. The van der Waals surface area contributed by atoms with Crippen LogP contribution in [0.25, 0.3) is 0 Å². The fourth-order valence-corrected chi connectivity index (χ4v) is 4.06. The number of likely N-dealkylation sites (tertiary alicyclic amines) is 1. The first kappa shape index (κ1) is 28.2. The van der Waals surface area contributed by atoms with E-state index in [1.807, 2.05) is 25.7 Å². The van der Waals surface area contributed by atoms with Gasteiger partial charge in [0, 0.05) is 32.6 Å². The van der Waals surface area contributed by atoms with Crippen molar-refractivity contribution in [2.45, 2.75) is 64.3 Å². The number of ether oxygens (including phenoxy) is 2. The van der Waals surface area contributed by atoms with Gasteiger partial charge in [-0.1, -0.05) is 0 Å². The number of nitrogens with zero attached hydrogens (tertiary/aromatic N) is 5. The molecule has 9 nitrogen and oxygen atoms in total. The fraction of sp³-hybridized carbons (Fsp3) is 0.615. The van der Waals surface area contributed by atoms with Gasteiger partial charge in [-0.25, -0.2) is 23.5 Å². The van der Waals surface area contributed by atoms with Crippen molar-refractivity contribution in [1.82, 2.24) is 20.2 Å². The Morgan fingerprint density at radius 2 is 1.92 bits per heavy atom. The molecule has 1 aromatic rings. The van der Waals surface area contributed by atoms with Gasteiger partial charge in [-0.05, 0) is 64.2 Å². The number of nitriles is 1. The van der Waals surface area contributed by atoms with Crippen LogP contribution in [-0.4, -0.2) is 71.6 Å². The highest BCUT2D eigenvalue weighted by Crippen LogP contribution is 2.21. The Labute approximate surface area is 217 Å². The van der Waals surface area contributed by atoms with E-state index in [0.29, 0.717) is 30.8 Å². The molecule has 2 fully saturated rings. The van der Waals surface area contributed by atoms with Crippen molar-refractivity contribution < 1.29 is 23.0 Å². The van der Waals surface area contributed by atoms with Crippen LogP contribution in [0, 0.1) is 17.4 Å². The summed E-state index contributed by atoms with van der Waals surface area (Å²) in [6.07, 6.45) is 10.8. The smallest absolute Gasteiger partial charge is 0.407 e. The number of alkyl carbamates (subject to hydrolysis) is 1. The number of anilines is 1. The second kappa shape index (κ2) is 13.2. The fourth-order valence-electron chi connectivity index (χ4n) is 4.06. The molecule has 3 aliphatic rings. The van der Waals surface area contributed by atoms with Crippen LogP contribution in [0.4, 0.5) is 19.5 Å². The van der Waals surface area contributed by atoms with Gasteiger partial charge in [-0.2, -0.15) is 5.26 Å². The van der Waals surface area contributed by atoms with Gasteiger partial charge >= 0.3 is 6.09 Å². The van der Waals surface area contributed by atoms with Crippen LogP contribution in [-0.2, 0) is 4.74 Å². The molecule has 2 atom stereocenters. The molecule has 0 saturated carbocycles. The minimum Gasteiger partial charge on any atom is -0.490 e. The number of halogens is 2. The molecular formula is C26H36F2N6O3. The zero-order chi connectivity index (χ0) is 26.8. The van der Waals surface area contributed by atoms with Gasteiger partial charge in [0.15, 0.2) is 11.9 Å². The predicted octanol–water partition coefficient (Wildman–Crippen LogP) is 4.29. The molecule has 11 heteroatoms. The van der Waals surface area contributed by atoms with Crippen LogP contribution in [0.5, 0.6) is 5.75 Å². The number of hydrogen-bond donors (Lipinski definition) is 1. The van der Waals surface area contributed by atoms with Crippen molar-refractivity contribution in [2.24, 2.45) is 5.92 Å². The van der Waals surface area contributed by atoms with E-state index >= 15 is 0 Å². The topological polar surface area (TPSA) is 104 Å². The Morgan fingerprint density at radius 3 is 2.49 bits per heavy atom. The van der Waals surface area contributed by atoms with Crippen LogP contribution in [0.1, 0.15) is 46.5 Å². The monoisotopic (exact) mass is 518 g/mol. The predicted molar refractivity (Wildman–Crippen MR) is 135 cm³/mol. The second-order valence-electron chi connectivity index (χ2n) is 10.3. The van der Waals surface area contributed by atoms with Gasteiger partial charge < -0.3 is 24.6 Å². The Balaban J connectivity index is 0.000000405. The summed E-state index contributed by atoms with van der Waals surface area (Å²) in [7, 11) is 0. The van der Waals surface area contributed by atoms with Gasteiger partial charge in [0.05, 0.1) is 25.0 Å². The molecule has 1 N–H and O–H groups in total. The van der Waals surface area contributed by atoms with E-state index < -0.39 is 17.9 Å². The Morgan fingerprint density at radius 1 is 1.22 bits per heavy atom. The summed E-state index contributed by atoms with van der Waals surface area (Å²) in [5.74, 6) is 1.41. The van der Waals surface area contributed by atoms with Gasteiger partial charge in [0.25, 0.3) is 0 Å². The standard InChI is InChI=1S/C20H30N6O3.C6H6F2/c1-20(2,3)29-19(27)24-16-6-9-26(12-16)18-22-10-17(11-23-18)28-13-15-4-7-25(14-21)8-5-15;7-5-1-2-6(8)4-3-5/h10-11,15-16H,4-9,12-13H2,1-3H3,(H,24,27);1-3,6H,4H2. The van der Waals surface area contributed by atoms with Crippen molar-refractivity contribution in [3.63, 3.8) is 0 Å². The zero-order valence-corrected chi connectivity index (χ0v) is 21.7. The van der Waals surface area contributed by atoms with Crippen LogP contribution in [0.15, 0.2) is 36.4 Å². The maximum Gasteiger partial charge on any atom is 0.407 e. The number of allylic oxidation sites excluding steroid dienone is 4. The van der Waals surface area contributed by atoms with Crippen molar-refractivity contribution in [3.8, 4) is 11.9 Å². The van der Waals surface area contributed by atoms with Gasteiger partial charge in [0.1, 0.15) is 17.6 Å². The molecule has 0 bridgehead atoms. The molecule has 1 aliphatic carbocycles. The van der Waals surface area contributed by atoms with Crippen LogP contribution < -0.4 is 15.0 Å². The van der Waals surface area contributed by atoms with Gasteiger partial charge in [0.2, 0.25) is 5.95 Å². The van der Waals surface area contributed by atoms with Crippen molar-refractivity contribution >= 4 is 12.0 Å². The van der Waals surface area contributed by atoms with E-state index in [2.05, 4.69) is 21.5 Å². The molecule has 37 heavy (non-hydrogen) atoms. The average molecular weight is 519 g/mol. The highest BCUT2D eigenvalue weighted by atomic mass is 19.1. The number of carbonyl (C=O) groups is 1. The molecule has 0 radical (unpaired) electrons. The van der Waals surface area contributed by atoms with E-state index in [0.717, 1.165) is 45.0 Å². The molecule has 3 heterocycles. The highest BCUT2D eigenvalue weighted by Gasteiger charge is 2.27. The molecule has 0 spiro atoms. The maximum atomic E-state index is 12.1. The lowest BCUT2D eigenvalue weighted by molar-refractivity contribution is 0.0509. The number of aromatic nitrogens is 2. The lowest BCUT2D eigenvalue weighted by atomic mass is 9.98. The third-order valence-corrected chi connectivity index (χ3v) is 6.05. The van der Waals surface area contributed by atoms with Crippen molar-refractivity contribution in [3.05, 3.63) is 36.4 Å². The molecular weight excluding hydrogens is 482 g/mol. The minimum atomic E-state index is -0.977. The number of piperidine rings is 1. The molecule has 0 aromatic carbocycles. The van der Waals surface area contributed by atoms with E-state index in [-0.39, 0.29) is 18.3 Å². The quantitative estimate of drug-likeness (QED) is 0.576. The van der Waals surface area contributed by atoms with Gasteiger partial charge in [-0.15, -0.1) is 0 Å². The summed E-state index contributed by atoms with van der Waals surface area (Å²) in [5, 5.41) is 11.8. The molecule has 2 aliphatic heterocycles. The Kier molecular flexibility index (Phi) is 10.1. The van der Waals surface area contributed by atoms with Gasteiger partial charge in [-0.3, -0.25) is 0 Å². The normalized spacial score (nSPS) is 21.9. The summed E-state index contributed by atoms with van der Waals surface area (Å²) >= 11 is 0. The summed E-state index contributed by atoms with van der Waals surface area (Å²) in [6.45, 7) is 9.18. The largest absolute Gasteiger partial charge is 0.490 e. The zero-order valence-electron chi connectivity index (χ0n) is 21.7. The molecule has 202 valence electrons. The third kappa shape index (κ3) is 9.86. The summed E-state index contributed by atoms with van der Waals surface area (Å²) < 4.78 is 35.2. The molecule has 4 rings (SSSR count). The third-order valence-electron chi connectivity index (χ3n) is 6.05. The summed E-state index contributed by atoms with van der Waals surface area (Å²) in [5.41, 5.74) is -0.506. The first-order valence-electron chi connectivity index (χ1n) is 12.6. The first-order valence-corrected chi connectivity index (χ1v) is 12.6. The maximum absolute atomic E-state index is 12.1. The van der Waals surface area contributed by atoms with E-state index in [9.17, 15) is 13.6 Å². The van der Waals surface area contributed by atoms with E-state index in [1.165, 1.54) is 12.2 Å². The van der Waals surface area contributed by atoms with Crippen LogP contribution >= 0.6 is 0 Å². The van der Waals surface area contributed by atoms with E-state index in [1.54, 1.807) is 17.3 Å².